The summed E-state index contributed by atoms with van der Waals surface area (Å²) in [6, 6.07) is 3.85. The van der Waals surface area contributed by atoms with E-state index in [0.29, 0.717) is 76.5 Å². The first-order valence-electron chi connectivity index (χ1n) is 31.5. The van der Waals surface area contributed by atoms with Gasteiger partial charge in [0.2, 0.25) is 29.5 Å². The van der Waals surface area contributed by atoms with Crippen molar-refractivity contribution in [3.8, 4) is 5.75 Å². The van der Waals surface area contributed by atoms with Gasteiger partial charge in [0.15, 0.2) is 5.78 Å². The van der Waals surface area contributed by atoms with Crippen LogP contribution in [0.1, 0.15) is 187 Å². The van der Waals surface area contributed by atoms with Gasteiger partial charge >= 0.3 is 5.97 Å². The Morgan fingerprint density at radius 2 is 1.12 bits per heavy atom. The van der Waals surface area contributed by atoms with Crippen molar-refractivity contribution in [2.24, 2.45) is 35.1 Å². The lowest BCUT2D eigenvalue weighted by atomic mass is 9.77. The number of phenolic OH excluding ortho intramolecular Hbond substituents is 1. The average Bonchev–Trinajstić information content (AvgIpc) is 3.16. The summed E-state index contributed by atoms with van der Waals surface area (Å²) >= 11 is 0. The van der Waals surface area contributed by atoms with Gasteiger partial charge in [-0.15, -0.1) is 0 Å². The van der Waals surface area contributed by atoms with Crippen LogP contribution in [-0.4, -0.2) is 166 Å². The number of aromatic hydroxyl groups is 1. The Kier molecular flexibility index (Phi) is 44.5. The maximum absolute atomic E-state index is 14.3. The van der Waals surface area contributed by atoms with E-state index < -0.39 is 57.7 Å². The van der Waals surface area contributed by atoms with Gasteiger partial charge in [-0.1, -0.05) is 104 Å². The molecular weight excluding hydrogens is 1160 g/mol. The van der Waals surface area contributed by atoms with Crippen LogP contribution in [0, 0.1) is 29.1 Å². The van der Waals surface area contributed by atoms with Crippen LogP contribution in [0.25, 0.3) is 0 Å². The van der Waals surface area contributed by atoms with E-state index in [0.717, 1.165) is 57.8 Å². The fourth-order valence-electron chi connectivity index (χ4n) is 9.73. The van der Waals surface area contributed by atoms with Crippen LogP contribution in [0.2, 0.25) is 0 Å². The van der Waals surface area contributed by atoms with Crippen molar-refractivity contribution in [2.75, 3.05) is 71.7 Å². The van der Waals surface area contributed by atoms with E-state index in [1.807, 2.05) is 13.8 Å². The number of hydrogen-bond acceptors (Lipinski definition) is 17. The highest BCUT2D eigenvalue weighted by Crippen LogP contribution is 2.28. The van der Waals surface area contributed by atoms with Crippen LogP contribution in [0.15, 0.2) is 24.3 Å². The molecule has 0 aliphatic carbocycles. The third-order valence-electron chi connectivity index (χ3n) is 14.6. The SMILES string of the molecule is CC(C)CC(=O)C[C@@H](CCCCNC(=O)COCCOCCCC(=O)COCCOCCNC(=O)CC[C@H](NC(=O)CCCCCCCCCCCCCS(=O)(=O)O)C(=O)O)C(=O)C(C)[C@@H](CCCCC(=N)N)C(=O)N[C@@H](Cc1ccc(O)cc1)C(N)=O. The monoisotopic (exact) mass is 1270 g/mol. The molecule has 0 bridgehead atoms. The second kappa shape index (κ2) is 48.9. The molecule has 1 aromatic carbocycles. The van der Waals surface area contributed by atoms with E-state index in [-0.39, 0.29) is 162 Å². The van der Waals surface area contributed by atoms with Crippen molar-refractivity contribution >= 4 is 68.8 Å². The minimum absolute atomic E-state index is 0.00120. The van der Waals surface area contributed by atoms with Crippen LogP contribution in [0.4, 0.5) is 0 Å². The predicted octanol–water partition coefficient (Wildman–Crippen LogP) is 5.58. The van der Waals surface area contributed by atoms with Gasteiger partial charge in [0.05, 0.1) is 44.6 Å². The summed E-state index contributed by atoms with van der Waals surface area (Å²) in [5.74, 6) is -6.56. The Bertz CT molecular complexity index is 2340. The van der Waals surface area contributed by atoms with Crippen molar-refractivity contribution in [2.45, 2.75) is 200 Å². The molecule has 26 heteroatoms. The minimum atomic E-state index is -3.88. The molecule has 5 atom stereocenters. The molecule has 1 aromatic rings. The number of amidine groups is 1. The normalized spacial score (nSPS) is 13.2. The van der Waals surface area contributed by atoms with Crippen molar-refractivity contribution < 1.29 is 85.3 Å². The van der Waals surface area contributed by atoms with E-state index in [9.17, 15) is 61.8 Å². The largest absolute Gasteiger partial charge is 0.508 e. The molecule has 1 unspecified atom stereocenters. The number of benzene rings is 1. The van der Waals surface area contributed by atoms with Gasteiger partial charge in [-0.2, -0.15) is 8.42 Å². The first-order valence-corrected chi connectivity index (χ1v) is 33.1. The number of carboxylic acids is 1. The lowest BCUT2D eigenvalue weighted by Gasteiger charge is -2.28. The fraction of sp³-hybridized carbons (Fsp3) is 0.742. The zero-order valence-electron chi connectivity index (χ0n) is 52.5. The minimum Gasteiger partial charge on any atom is -0.508 e. The third-order valence-corrected chi connectivity index (χ3v) is 15.4. The number of amides is 5. The molecule has 0 aliphatic heterocycles. The van der Waals surface area contributed by atoms with E-state index >= 15 is 0 Å². The Morgan fingerprint density at radius 3 is 1.73 bits per heavy atom. The number of carbonyl (C=O) groups is 9. The molecule has 0 heterocycles. The van der Waals surface area contributed by atoms with E-state index in [1.54, 1.807) is 19.1 Å². The summed E-state index contributed by atoms with van der Waals surface area (Å²) in [4.78, 5) is 115. The van der Waals surface area contributed by atoms with Crippen molar-refractivity contribution in [3.05, 3.63) is 29.8 Å². The van der Waals surface area contributed by atoms with Gasteiger partial charge in [-0.3, -0.25) is 48.3 Å². The summed E-state index contributed by atoms with van der Waals surface area (Å²) in [5, 5.41) is 37.5. The molecule has 25 nitrogen and oxygen atoms in total. The fourth-order valence-corrected chi connectivity index (χ4v) is 10.3. The van der Waals surface area contributed by atoms with Crippen molar-refractivity contribution in [3.63, 3.8) is 0 Å². The number of nitrogens with two attached hydrogens (primary N) is 2. The number of primary amides is 1. The number of unbranched alkanes of at least 4 members (excludes halogenated alkanes) is 12. The van der Waals surface area contributed by atoms with Gasteiger partial charge in [0, 0.05) is 82.4 Å². The lowest BCUT2D eigenvalue weighted by molar-refractivity contribution is -0.142. The Balaban J connectivity index is 2.28. The number of phenols is 1. The van der Waals surface area contributed by atoms with Crippen LogP contribution in [0.5, 0.6) is 5.75 Å². The van der Waals surface area contributed by atoms with Crippen LogP contribution in [0.3, 0.4) is 0 Å². The van der Waals surface area contributed by atoms with E-state index in [1.165, 1.54) is 12.1 Å². The van der Waals surface area contributed by atoms with E-state index in [4.69, 9.17) is 40.4 Å². The maximum Gasteiger partial charge on any atom is 0.326 e. The highest BCUT2D eigenvalue weighted by atomic mass is 32.2. The molecule has 0 aliphatic rings. The summed E-state index contributed by atoms with van der Waals surface area (Å²) in [7, 11) is -3.88. The molecule has 0 fully saturated rings. The molecule has 1 rings (SSSR count). The van der Waals surface area contributed by atoms with Gasteiger partial charge in [0.1, 0.15) is 42.6 Å². The first kappa shape index (κ1) is 80.1. The number of aliphatic carboxylic acids is 1. The molecular formula is C62H105N7O18S. The molecule has 88 heavy (non-hydrogen) atoms. The summed E-state index contributed by atoms with van der Waals surface area (Å²) in [6.07, 6.45) is 13.8. The van der Waals surface area contributed by atoms with Gasteiger partial charge in [-0.25, -0.2) is 4.79 Å². The zero-order chi connectivity index (χ0) is 65.5. The molecule has 502 valence electrons. The van der Waals surface area contributed by atoms with Crippen molar-refractivity contribution in [1.82, 2.24) is 21.3 Å². The topological polar surface area (TPSA) is 409 Å². The highest BCUT2D eigenvalue weighted by Gasteiger charge is 2.36. The molecule has 0 aromatic heterocycles. The Morgan fingerprint density at radius 1 is 0.557 bits per heavy atom. The predicted molar refractivity (Wildman–Crippen MR) is 332 cm³/mol. The van der Waals surface area contributed by atoms with Crippen LogP contribution < -0.4 is 32.7 Å². The maximum atomic E-state index is 14.3. The molecule has 12 N–H and O–H groups in total. The van der Waals surface area contributed by atoms with Gasteiger partial charge in [-0.05, 0) is 75.0 Å². The summed E-state index contributed by atoms with van der Waals surface area (Å²) in [5.41, 5.74) is 11.9. The second-order valence-electron chi connectivity index (χ2n) is 23.0. The number of rotatable bonds is 58. The number of ether oxygens (including phenoxy) is 4. The third kappa shape index (κ3) is 43.7. The summed E-state index contributed by atoms with van der Waals surface area (Å²) in [6.45, 7) is 6.78. The lowest BCUT2D eigenvalue weighted by Crippen LogP contribution is -2.49. The smallest absolute Gasteiger partial charge is 0.326 e. The standard InChI is InChI=1S/C62H105N7O18S/c1-45(2)40-51(72)42-48(59(76)46(3)52(22-14-15-23-55(63)64)61(78)69-54(60(65)77)41-47-25-27-49(70)28-26-47)20-16-17-31-66-58(75)44-87-38-35-84-33-19-21-50(71)43-86-37-36-85-34-32-67-56(73)30-29-53(62(79)80)68-57(74)24-13-11-9-7-5-4-6-8-10-12-18-39-88(81,82)83/h25-28,45-46,48,52-54,70H,4-24,29-44H2,1-3H3,(H3,63,64)(H2,65,77)(H,66,75)(H,67,73)(H,68,74)(H,69,78)(H,79,80)(H,81,82,83)/t46?,48-,52-,53+,54+/m1/s1. The molecule has 0 spiro atoms. The van der Waals surface area contributed by atoms with Gasteiger partial charge in [0.25, 0.3) is 10.1 Å². The average molecular weight is 1270 g/mol. The Hall–Kier alpha value is -5.93. The molecule has 5 amide bonds. The molecule has 0 saturated heterocycles. The molecule has 0 saturated carbocycles. The van der Waals surface area contributed by atoms with Gasteiger partial charge < -0.3 is 61.9 Å². The number of carbonyl (C=O) groups excluding carboxylic acids is 8. The first-order chi connectivity index (χ1) is 41.9. The quantitative estimate of drug-likeness (QED) is 0.0165. The summed E-state index contributed by atoms with van der Waals surface area (Å²) < 4.78 is 52.0. The van der Waals surface area contributed by atoms with Crippen LogP contribution >= 0.6 is 0 Å². The molecule has 0 radical (unpaired) electrons. The number of nitrogens with one attached hydrogen (secondary N) is 5. The van der Waals surface area contributed by atoms with Crippen molar-refractivity contribution in [1.29, 1.82) is 5.41 Å². The zero-order valence-corrected chi connectivity index (χ0v) is 53.3. The van der Waals surface area contributed by atoms with Crippen LogP contribution in [-0.2, 0) is 78.6 Å². The number of ketones is 3. The Labute approximate surface area is 521 Å². The second-order valence-corrected chi connectivity index (χ2v) is 24.6. The highest BCUT2D eigenvalue weighted by molar-refractivity contribution is 7.85. The van der Waals surface area contributed by atoms with E-state index in [2.05, 4.69) is 21.3 Å². The number of hydrogen-bond donors (Lipinski definition) is 10. The number of carboxylic acid groups (broad SMARTS) is 1. The number of Topliss-reactive ketones (excluding diaryl/α,β-unsaturated/α-hetero) is 3.